The van der Waals surface area contributed by atoms with Crippen LogP contribution in [-0.4, -0.2) is 11.6 Å². The molecule has 1 aliphatic carbocycles. The minimum Gasteiger partial charge on any atom is -0.384 e. The van der Waals surface area contributed by atoms with Crippen molar-refractivity contribution >= 4 is 5.82 Å². The van der Waals surface area contributed by atoms with E-state index in [-0.39, 0.29) is 34.7 Å². The second-order valence-electron chi connectivity index (χ2n) is 5.98. The van der Waals surface area contributed by atoms with Gasteiger partial charge in [-0.25, -0.2) is 4.39 Å². The van der Waals surface area contributed by atoms with Crippen LogP contribution in [0, 0.1) is 34.4 Å². The average molecular weight is 338 g/mol. The van der Waals surface area contributed by atoms with E-state index in [0.29, 0.717) is 18.1 Å². The van der Waals surface area contributed by atoms with Crippen molar-refractivity contribution in [1.29, 1.82) is 10.5 Å². The highest BCUT2D eigenvalue weighted by Gasteiger charge is 2.22. The second kappa shape index (κ2) is 6.76. The third kappa shape index (κ3) is 3.37. The van der Waals surface area contributed by atoms with E-state index in [0.717, 1.165) is 12.8 Å². The maximum absolute atomic E-state index is 14.4. The molecule has 1 fully saturated rings. The summed E-state index contributed by atoms with van der Waals surface area (Å²) < 4.78 is 19.9. The van der Waals surface area contributed by atoms with Gasteiger partial charge in [0, 0.05) is 17.7 Å². The molecular formula is C18H15FN4O2. The fourth-order valence-corrected chi connectivity index (χ4v) is 2.57. The molecule has 7 heteroatoms. The van der Waals surface area contributed by atoms with Gasteiger partial charge in [-0.15, -0.1) is 0 Å². The van der Waals surface area contributed by atoms with Crippen molar-refractivity contribution in [2.45, 2.75) is 19.4 Å². The highest BCUT2D eigenvalue weighted by Crippen LogP contribution is 2.31. The van der Waals surface area contributed by atoms with Gasteiger partial charge < -0.3 is 15.5 Å². The summed E-state index contributed by atoms with van der Waals surface area (Å²) in [5.41, 5.74) is 5.26. The molecular weight excluding hydrogens is 323 g/mol. The molecule has 3 N–H and O–H groups in total. The lowest BCUT2D eigenvalue weighted by Gasteiger charge is -2.11. The smallest absolute Gasteiger partial charge is 0.268 e. The Balaban J connectivity index is 1.99. The van der Waals surface area contributed by atoms with Crippen LogP contribution in [0.5, 0.6) is 0 Å². The number of hydrogen-bond acceptors (Lipinski definition) is 5. The van der Waals surface area contributed by atoms with Crippen LogP contribution in [0.3, 0.4) is 0 Å². The number of nitrogens with zero attached hydrogens (tertiary/aromatic N) is 2. The summed E-state index contributed by atoms with van der Waals surface area (Å²) in [6, 6.07) is 7.87. The number of benzene rings is 1. The highest BCUT2D eigenvalue weighted by atomic mass is 19.1. The summed E-state index contributed by atoms with van der Waals surface area (Å²) in [6.07, 6.45) is 2.30. The summed E-state index contributed by atoms with van der Waals surface area (Å²) in [5.74, 6) is -0.101. The molecule has 1 aliphatic rings. The Hall–Kier alpha value is -3.16. The van der Waals surface area contributed by atoms with Gasteiger partial charge in [0.2, 0.25) is 0 Å². The molecule has 126 valence electrons. The van der Waals surface area contributed by atoms with Crippen LogP contribution in [0.2, 0.25) is 0 Å². The molecule has 3 rings (SSSR count). The minimum atomic E-state index is -0.716. The van der Waals surface area contributed by atoms with E-state index in [1.807, 2.05) is 6.07 Å². The molecule has 0 bridgehead atoms. The van der Waals surface area contributed by atoms with E-state index in [2.05, 4.69) is 4.98 Å². The predicted molar refractivity (Wildman–Crippen MR) is 88.7 cm³/mol. The maximum atomic E-state index is 14.4. The molecule has 0 saturated heterocycles. The van der Waals surface area contributed by atoms with Crippen LogP contribution in [0.4, 0.5) is 10.2 Å². The topological polar surface area (TPSA) is 116 Å². The second-order valence-corrected chi connectivity index (χ2v) is 5.98. The molecule has 0 radical (unpaired) electrons. The van der Waals surface area contributed by atoms with Gasteiger partial charge >= 0.3 is 0 Å². The van der Waals surface area contributed by atoms with Gasteiger partial charge in [-0.1, -0.05) is 12.1 Å². The Bertz CT molecular complexity index is 965. The molecule has 0 unspecified atom stereocenters. The lowest BCUT2D eigenvalue weighted by molar-refractivity contribution is 0.109. The van der Waals surface area contributed by atoms with Crippen LogP contribution in [0.1, 0.15) is 29.5 Å². The number of aromatic nitrogens is 1. The van der Waals surface area contributed by atoms with Crippen LogP contribution in [0.25, 0.3) is 11.1 Å². The zero-order valence-corrected chi connectivity index (χ0v) is 13.3. The Labute approximate surface area is 143 Å². The normalized spacial score (nSPS) is 13.2. The minimum absolute atomic E-state index is 0.0376. The first-order valence-corrected chi connectivity index (χ1v) is 7.77. The molecule has 1 aromatic carbocycles. The van der Waals surface area contributed by atoms with E-state index in [1.165, 1.54) is 12.1 Å². The zero-order valence-electron chi connectivity index (χ0n) is 13.3. The quantitative estimate of drug-likeness (QED) is 0.868. The van der Waals surface area contributed by atoms with Crippen molar-refractivity contribution in [2.75, 3.05) is 12.3 Å². The molecule has 0 aliphatic heterocycles. The Morgan fingerprint density at radius 3 is 2.60 bits per heavy atom. The lowest BCUT2D eigenvalue weighted by Crippen LogP contribution is -2.16. The molecule has 25 heavy (non-hydrogen) atoms. The fraction of sp³-hybridized carbons (Fsp3) is 0.278. The molecule has 6 nitrogen and oxygen atoms in total. The van der Waals surface area contributed by atoms with Crippen molar-refractivity contribution in [3.05, 3.63) is 51.1 Å². The van der Waals surface area contributed by atoms with Crippen molar-refractivity contribution < 1.29 is 9.13 Å². The molecule has 1 saturated carbocycles. The Morgan fingerprint density at radius 1 is 1.28 bits per heavy atom. The summed E-state index contributed by atoms with van der Waals surface area (Å²) in [7, 11) is 0. The van der Waals surface area contributed by atoms with Crippen molar-refractivity contribution in [2.24, 2.45) is 5.92 Å². The van der Waals surface area contributed by atoms with Gasteiger partial charge in [0.05, 0.1) is 6.61 Å². The van der Waals surface area contributed by atoms with E-state index in [9.17, 15) is 19.7 Å². The highest BCUT2D eigenvalue weighted by molar-refractivity contribution is 5.80. The Morgan fingerprint density at radius 2 is 2.00 bits per heavy atom. The molecule has 0 amide bonds. The molecule has 0 atom stereocenters. The van der Waals surface area contributed by atoms with Crippen LogP contribution in [-0.2, 0) is 11.3 Å². The SMILES string of the molecule is N#Cc1c(N)[nH]c(=O)c(C#N)c1-c1ccc(COCC2CC2)c(F)c1. The summed E-state index contributed by atoms with van der Waals surface area (Å²) >= 11 is 0. The van der Waals surface area contributed by atoms with E-state index < -0.39 is 11.4 Å². The summed E-state index contributed by atoms with van der Waals surface area (Å²) in [5, 5.41) is 18.5. The number of H-pyrrole nitrogens is 1. The first-order valence-electron chi connectivity index (χ1n) is 7.77. The number of nitriles is 2. The van der Waals surface area contributed by atoms with Crippen molar-refractivity contribution in [3.8, 4) is 23.3 Å². The number of pyridine rings is 1. The predicted octanol–water partition coefficient (Wildman–Crippen LogP) is 2.43. The molecule has 1 heterocycles. The molecule has 0 spiro atoms. The largest absolute Gasteiger partial charge is 0.384 e. The van der Waals surface area contributed by atoms with Gasteiger partial charge in [0.1, 0.15) is 34.9 Å². The van der Waals surface area contributed by atoms with Crippen LogP contribution < -0.4 is 11.3 Å². The molecule has 1 aromatic heterocycles. The van der Waals surface area contributed by atoms with E-state index in [4.69, 9.17) is 10.5 Å². The summed E-state index contributed by atoms with van der Waals surface area (Å²) in [4.78, 5) is 14.2. The van der Waals surface area contributed by atoms with Crippen molar-refractivity contribution in [3.63, 3.8) is 0 Å². The number of hydrogen-bond donors (Lipinski definition) is 2. The average Bonchev–Trinajstić information content (AvgIpc) is 3.40. The number of nitrogen functional groups attached to an aromatic ring is 1. The van der Waals surface area contributed by atoms with Gasteiger partial charge in [-0.3, -0.25) is 4.79 Å². The first-order chi connectivity index (χ1) is 12.0. The maximum Gasteiger partial charge on any atom is 0.268 e. The number of nitrogens with two attached hydrogens (primary N) is 1. The van der Waals surface area contributed by atoms with Gasteiger partial charge in [-0.05, 0) is 30.4 Å². The lowest BCUT2D eigenvalue weighted by atomic mass is 9.95. The number of aromatic amines is 1. The monoisotopic (exact) mass is 338 g/mol. The third-order valence-corrected chi connectivity index (χ3v) is 4.12. The number of rotatable bonds is 5. The number of ether oxygens (including phenoxy) is 1. The van der Waals surface area contributed by atoms with E-state index >= 15 is 0 Å². The number of halogens is 1. The summed E-state index contributed by atoms with van der Waals surface area (Å²) in [6.45, 7) is 0.763. The van der Waals surface area contributed by atoms with Gasteiger partial charge in [0.25, 0.3) is 5.56 Å². The fourth-order valence-electron chi connectivity index (χ4n) is 2.57. The van der Waals surface area contributed by atoms with Crippen LogP contribution >= 0.6 is 0 Å². The van der Waals surface area contributed by atoms with Crippen LogP contribution in [0.15, 0.2) is 23.0 Å². The third-order valence-electron chi connectivity index (χ3n) is 4.12. The number of anilines is 1. The zero-order chi connectivity index (χ0) is 18.0. The van der Waals surface area contributed by atoms with E-state index in [1.54, 1.807) is 12.1 Å². The standard InChI is InChI=1S/C18H15FN4O2/c19-15-5-11(3-4-12(15)9-25-8-10-1-2-10)16-13(6-20)17(22)23-18(24)14(16)7-21/h3-5,10H,1-2,8-9H2,(H3,22,23,24). The molecule has 2 aromatic rings. The first kappa shape index (κ1) is 16.7. The Kier molecular flexibility index (Phi) is 4.51. The van der Waals surface area contributed by atoms with Gasteiger partial charge in [0.15, 0.2) is 0 Å². The number of nitrogens with one attached hydrogen (secondary N) is 1. The van der Waals surface area contributed by atoms with Crippen molar-refractivity contribution in [1.82, 2.24) is 4.98 Å². The van der Waals surface area contributed by atoms with Gasteiger partial charge in [-0.2, -0.15) is 10.5 Å².